The van der Waals surface area contributed by atoms with Gasteiger partial charge in [0.1, 0.15) is 0 Å². The highest BCUT2D eigenvalue weighted by atomic mass is 32.2. The smallest absolute Gasteiger partial charge is 0.319 e. The molecule has 0 aliphatic heterocycles. The fraction of sp³-hybridized carbons (Fsp3) is 0.0588. The normalized spacial score (nSPS) is 11.8. The first-order chi connectivity index (χ1) is 13.2. The number of amides is 1. The maximum atomic E-state index is 12.6. The second-order valence-electron chi connectivity index (χ2n) is 5.56. The summed E-state index contributed by atoms with van der Waals surface area (Å²) in [6.45, 7) is 0. The van der Waals surface area contributed by atoms with Gasteiger partial charge in [0.25, 0.3) is 5.91 Å². The standard InChI is InChI=1S/C17H13F3N4O3S/c18-17(19,20)28(26,27)23-15-9-5-4-8-14(15)16(25)22-12-10-21-24(11-12)13-6-2-1-3-7-13/h1-11,23H,(H,22,25). The molecule has 0 saturated carbocycles. The van der Waals surface area contributed by atoms with Crippen LogP contribution in [-0.2, 0) is 10.0 Å². The van der Waals surface area contributed by atoms with Crippen molar-refractivity contribution >= 4 is 27.3 Å². The Morgan fingerprint density at radius 1 is 1.00 bits per heavy atom. The Kier molecular flexibility index (Phi) is 5.10. The van der Waals surface area contributed by atoms with E-state index in [1.165, 1.54) is 40.0 Å². The molecule has 0 aliphatic carbocycles. The molecule has 0 radical (unpaired) electrons. The van der Waals surface area contributed by atoms with E-state index in [0.717, 1.165) is 11.8 Å². The third-order valence-electron chi connectivity index (χ3n) is 3.58. The first-order valence-electron chi connectivity index (χ1n) is 7.77. The van der Waals surface area contributed by atoms with Gasteiger partial charge < -0.3 is 5.32 Å². The van der Waals surface area contributed by atoms with E-state index >= 15 is 0 Å². The number of alkyl halides is 3. The zero-order chi connectivity index (χ0) is 20.4. The Labute approximate surface area is 157 Å². The summed E-state index contributed by atoms with van der Waals surface area (Å²) in [5, 5.41) is 6.56. The van der Waals surface area contributed by atoms with Gasteiger partial charge in [0, 0.05) is 0 Å². The molecular formula is C17H13F3N4O3S. The molecule has 7 nitrogen and oxygen atoms in total. The Morgan fingerprint density at radius 3 is 2.32 bits per heavy atom. The van der Waals surface area contributed by atoms with Crippen LogP contribution in [0.1, 0.15) is 10.4 Å². The van der Waals surface area contributed by atoms with Gasteiger partial charge in [0.05, 0.1) is 35.0 Å². The van der Waals surface area contributed by atoms with Crippen LogP contribution in [0.15, 0.2) is 67.0 Å². The fourth-order valence-electron chi connectivity index (χ4n) is 2.28. The summed E-state index contributed by atoms with van der Waals surface area (Å²) in [5.74, 6) is -0.798. The van der Waals surface area contributed by atoms with Crippen molar-refractivity contribution in [3.05, 3.63) is 72.6 Å². The lowest BCUT2D eigenvalue weighted by Crippen LogP contribution is -2.30. The van der Waals surface area contributed by atoms with Gasteiger partial charge in [0.2, 0.25) is 0 Å². The monoisotopic (exact) mass is 410 g/mol. The summed E-state index contributed by atoms with van der Waals surface area (Å²) >= 11 is 0. The molecule has 2 aromatic carbocycles. The average molecular weight is 410 g/mol. The van der Waals surface area contributed by atoms with Crippen LogP contribution in [0.3, 0.4) is 0 Å². The average Bonchev–Trinajstić information content (AvgIpc) is 3.10. The number of benzene rings is 2. The molecule has 28 heavy (non-hydrogen) atoms. The number of anilines is 2. The molecule has 1 amide bonds. The molecule has 146 valence electrons. The molecular weight excluding hydrogens is 397 g/mol. The molecule has 11 heteroatoms. The summed E-state index contributed by atoms with van der Waals surface area (Å²) in [5.41, 5.74) is -5.26. The number of carbonyl (C=O) groups is 1. The zero-order valence-corrected chi connectivity index (χ0v) is 14.8. The topological polar surface area (TPSA) is 93.1 Å². The van der Waals surface area contributed by atoms with E-state index in [-0.39, 0.29) is 11.3 Å². The van der Waals surface area contributed by atoms with E-state index in [2.05, 4.69) is 10.4 Å². The molecule has 0 bridgehead atoms. The highest BCUT2D eigenvalue weighted by Crippen LogP contribution is 2.27. The predicted octanol–water partition coefficient (Wildman–Crippen LogP) is 3.39. The minimum atomic E-state index is -5.66. The third kappa shape index (κ3) is 4.14. The van der Waals surface area contributed by atoms with E-state index in [1.54, 1.807) is 24.3 Å². The number of sulfonamides is 1. The molecule has 3 rings (SSSR count). The van der Waals surface area contributed by atoms with Crippen LogP contribution in [-0.4, -0.2) is 29.6 Å². The van der Waals surface area contributed by atoms with Gasteiger partial charge in [0.15, 0.2) is 0 Å². The van der Waals surface area contributed by atoms with Crippen molar-refractivity contribution < 1.29 is 26.4 Å². The number of nitrogens with one attached hydrogen (secondary N) is 2. The van der Waals surface area contributed by atoms with Gasteiger partial charge in [-0.3, -0.25) is 9.52 Å². The van der Waals surface area contributed by atoms with Gasteiger partial charge in [-0.2, -0.15) is 26.7 Å². The number of hydrogen-bond acceptors (Lipinski definition) is 4. The molecule has 0 saturated heterocycles. The van der Waals surface area contributed by atoms with Gasteiger partial charge >= 0.3 is 15.5 Å². The molecule has 0 fully saturated rings. The molecule has 1 aromatic heterocycles. The minimum Gasteiger partial charge on any atom is -0.319 e. The van der Waals surface area contributed by atoms with E-state index in [9.17, 15) is 26.4 Å². The van der Waals surface area contributed by atoms with Crippen molar-refractivity contribution in [2.75, 3.05) is 10.0 Å². The fourth-order valence-corrected chi connectivity index (χ4v) is 2.86. The molecule has 0 unspecified atom stereocenters. The van der Waals surface area contributed by atoms with Crippen LogP contribution in [0.5, 0.6) is 0 Å². The lowest BCUT2D eigenvalue weighted by molar-refractivity contribution is -0.0429. The SMILES string of the molecule is O=C(Nc1cnn(-c2ccccc2)c1)c1ccccc1NS(=O)(=O)C(F)(F)F. The predicted molar refractivity (Wildman–Crippen MR) is 96.6 cm³/mol. The van der Waals surface area contributed by atoms with Gasteiger partial charge in [-0.05, 0) is 24.3 Å². The van der Waals surface area contributed by atoms with E-state index < -0.39 is 27.1 Å². The summed E-state index contributed by atoms with van der Waals surface area (Å²) in [6.07, 6.45) is 2.86. The van der Waals surface area contributed by atoms with Gasteiger partial charge in [-0.1, -0.05) is 30.3 Å². The molecule has 2 N–H and O–H groups in total. The van der Waals surface area contributed by atoms with Crippen molar-refractivity contribution in [1.82, 2.24) is 9.78 Å². The number of carbonyl (C=O) groups excluding carboxylic acids is 1. The van der Waals surface area contributed by atoms with E-state index in [4.69, 9.17) is 0 Å². The molecule has 3 aromatic rings. The van der Waals surface area contributed by atoms with Crippen molar-refractivity contribution in [3.8, 4) is 5.69 Å². The van der Waals surface area contributed by atoms with Gasteiger partial charge in [-0.25, -0.2) is 4.68 Å². The minimum absolute atomic E-state index is 0.275. The van der Waals surface area contributed by atoms with E-state index in [1.807, 2.05) is 6.07 Å². The highest BCUT2D eigenvalue weighted by Gasteiger charge is 2.46. The zero-order valence-electron chi connectivity index (χ0n) is 14.0. The van der Waals surface area contributed by atoms with Crippen molar-refractivity contribution in [1.29, 1.82) is 0 Å². The highest BCUT2D eigenvalue weighted by molar-refractivity contribution is 7.93. The second kappa shape index (κ2) is 7.35. The summed E-state index contributed by atoms with van der Waals surface area (Å²) in [7, 11) is -5.66. The first kappa shape index (κ1) is 19.4. The number of aromatic nitrogens is 2. The number of hydrogen-bond donors (Lipinski definition) is 2. The lowest BCUT2D eigenvalue weighted by atomic mass is 10.1. The van der Waals surface area contributed by atoms with Crippen LogP contribution < -0.4 is 10.0 Å². The van der Waals surface area contributed by atoms with Crippen LogP contribution in [0, 0.1) is 0 Å². The number of halogens is 3. The summed E-state index contributed by atoms with van der Waals surface area (Å²) < 4.78 is 63.4. The van der Waals surface area contributed by atoms with Crippen molar-refractivity contribution in [2.24, 2.45) is 0 Å². The van der Waals surface area contributed by atoms with Crippen molar-refractivity contribution in [2.45, 2.75) is 5.51 Å². The maximum Gasteiger partial charge on any atom is 0.516 e. The maximum absolute atomic E-state index is 12.6. The van der Waals surface area contributed by atoms with E-state index in [0.29, 0.717) is 0 Å². The second-order valence-corrected chi connectivity index (χ2v) is 7.23. The Hall–Kier alpha value is -3.34. The lowest BCUT2D eigenvalue weighted by Gasteiger charge is -2.13. The van der Waals surface area contributed by atoms with Crippen LogP contribution in [0.25, 0.3) is 5.69 Å². The largest absolute Gasteiger partial charge is 0.516 e. The van der Waals surface area contributed by atoms with Gasteiger partial charge in [-0.15, -0.1) is 0 Å². The Balaban J connectivity index is 1.82. The molecule has 1 heterocycles. The van der Waals surface area contributed by atoms with Crippen LogP contribution in [0.4, 0.5) is 24.5 Å². The quantitative estimate of drug-likeness (QED) is 0.674. The van der Waals surface area contributed by atoms with Crippen LogP contribution >= 0.6 is 0 Å². The van der Waals surface area contributed by atoms with Crippen molar-refractivity contribution in [3.63, 3.8) is 0 Å². The summed E-state index contributed by atoms with van der Waals surface area (Å²) in [4.78, 5) is 12.5. The number of para-hydroxylation sites is 2. The Morgan fingerprint density at radius 2 is 1.64 bits per heavy atom. The number of rotatable bonds is 5. The Bertz CT molecular complexity index is 1100. The number of nitrogens with zero attached hydrogens (tertiary/aromatic N) is 2. The van der Waals surface area contributed by atoms with Crippen LogP contribution in [0.2, 0.25) is 0 Å². The molecule has 0 atom stereocenters. The molecule has 0 spiro atoms. The third-order valence-corrected chi connectivity index (χ3v) is 4.68. The molecule has 0 aliphatic rings. The first-order valence-corrected chi connectivity index (χ1v) is 9.25. The summed E-state index contributed by atoms with van der Waals surface area (Å²) in [6, 6.07) is 14.0.